The van der Waals surface area contributed by atoms with E-state index in [-0.39, 0.29) is 18.7 Å². The quantitative estimate of drug-likeness (QED) is 0.632. The van der Waals surface area contributed by atoms with Crippen LogP contribution in [0.4, 0.5) is 0 Å². The van der Waals surface area contributed by atoms with Gasteiger partial charge in [0, 0.05) is 31.4 Å². The number of aliphatic carboxylic acids is 1. The standard InChI is InChI=1S/C17H21N3O5/c1-24-13-7-5-12(6-8-13)17-19-15(25-20-17)10-9-14(21)18-11-3-2-4-16(22)23/h5-8H,2-4,9-11H2,1H3,(H,18,21)(H,22,23). The maximum atomic E-state index is 11.7. The van der Waals surface area contributed by atoms with Crippen LogP contribution in [0.1, 0.15) is 31.6 Å². The molecule has 134 valence electrons. The molecule has 0 aliphatic rings. The zero-order chi connectivity index (χ0) is 18.1. The Morgan fingerprint density at radius 2 is 1.96 bits per heavy atom. The van der Waals surface area contributed by atoms with Gasteiger partial charge in [0.05, 0.1) is 7.11 Å². The topological polar surface area (TPSA) is 115 Å². The highest BCUT2D eigenvalue weighted by atomic mass is 16.5. The Bertz CT molecular complexity index is 697. The highest BCUT2D eigenvalue weighted by Gasteiger charge is 2.10. The van der Waals surface area contributed by atoms with Crippen LogP contribution in [0.2, 0.25) is 0 Å². The molecule has 0 aliphatic heterocycles. The van der Waals surface area contributed by atoms with Gasteiger partial charge >= 0.3 is 5.97 Å². The number of hydrogen-bond acceptors (Lipinski definition) is 6. The van der Waals surface area contributed by atoms with E-state index in [1.54, 1.807) is 7.11 Å². The van der Waals surface area contributed by atoms with Gasteiger partial charge in [-0.2, -0.15) is 4.98 Å². The highest BCUT2D eigenvalue weighted by Crippen LogP contribution is 2.19. The van der Waals surface area contributed by atoms with Gasteiger partial charge < -0.3 is 19.7 Å². The number of nitrogens with one attached hydrogen (secondary N) is 1. The van der Waals surface area contributed by atoms with E-state index in [2.05, 4.69) is 15.5 Å². The van der Waals surface area contributed by atoms with Crippen molar-refractivity contribution in [1.82, 2.24) is 15.5 Å². The van der Waals surface area contributed by atoms with Crippen molar-refractivity contribution in [2.75, 3.05) is 13.7 Å². The summed E-state index contributed by atoms with van der Waals surface area (Å²) in [5.41, 5.74) is 0.804. The molecule has 0 fully saturated rings. The van der Waals surface area contributed by atoms with Crippen molar-refractivity contribution in [3.05, 3.63) is 30.2 Å². The second kappa shape index (κ2) is 9.41. The normalized spacial score (nSPS) is 10.4. The maximum Gasteiger partial charge on any atom is 0.303 e. The summed E-state index contributed by atoms with van der Waals surface area (Å²) in [5.74, 6) is 0.654. The van der Waals surface area contributed by atoms with E-state index in [9.17, 15) is 9.59 Å². The van der Waals surface area contributed by atoms with Crippen LogP contribution in [0.15, 0.2) is 28.8 Å². The van der Waals surface area contributed by atoms with Crippen molar-refractivity contribution >= 4 is 11.9 Å². The lowest BCUT2D eigenvalue weighted by molar-refractivity contribution is -0.137. The summed E-state index contributed by atoms with van der Waals surface area (Å²) in [6.45, 7) is 0.465. The molecular formula is C17H21N3O5. The lowest BCUT2D eigenvalue weighted by atomic mass is 10.2. The third-order valence-corrected chi connectivity index (χ3v) is 3.52. The molecule has 8 heteroatoms. The number of amides is 1. The molecule has 0 saturated carbocycles. The van der Waals surface area contributed by atoms with E-state index in [0.29, 0.717) is 37.5 Å². The Hall–Kier alpha value is -2.90. The van der Waals surface area contributed by atoms with Gasteiger partial charge in [-0.3, -0.25) is 9.59 Å². The van der Waals surface area contributed by atoms with Gasteiger partial charge in [0.1, 0.15) is 5.75 Å². The molecule has 1 heterocycles. The molecule has 0 atom stereocenters. The Labute approximate surface area is 145 Å². The first-order chi connectivity index (χ1) is 12.1. The van der Waals surface area contributed by atoms with Crippen molar-refractivity contribution < 1.29 is 24.0 Å². The molecule has 0 aliphatic carbocycles. The van der Waals surface area contributed by atoms with E-state index < -0.39 is 5.97 Å². The lowest BCUT2D eigenvalue weighted by Gasteiger charge is -2.03. The number of aryl methyl sites for hydroxylation is 1. The predicted octanol–water partition coefficient (Wildman–Crippen LogP) is 2.05. The van der Waals surface area contributed by atoms with Crippen LogP contribution < -0.4 is 10.1 Å². The van der Waals surface area contributed by atoms with Gasteiger partial charge in [-0.15, -0.1) is 0 Å². The third kappa shape index (κ3) is 6.25. The Morgan fingerprint density at radius 1 is 1.20 bits per heavy atom. The molecule has 1 aromatic carbocycles. The number of hydrogen-bond donors (Lipinski definition) is 2. The summed E-state index contributed by atoms with van der Waals surface area (Å²) in [6, 6.07) is 7.28. The highest BCUT2D eigenvalue weighted by molar-refractivity contribution is 5.76. The number of carboxylic acid groups (broad SMARTS) is 1. The van der Waals surface area contributed by atoms with Crippen LogP contribution in [-0.2, 0) is 16.0 Å². The summed E-state index contributed by atoms with van der Waals surface area (Å²) in [4.78, 5) is 26.4. The summed E-state index contributed by atoms with van der Waals surface area (Å²) in [7, 11) is 1.60. The monoisotopic (exact) mass is 347 g/mol. The predicted molar refractivity (Wildman–Crippen MR) is 89.1 cm³/mol. The van der Waals surface area contributed by atoms with Crippen LogP contribution in [0.5, 0.6) is 5.75 Å². The van der Waals surface area contributed by atoms with Gasteiger partial charge in [-0.05, 0) is 37.1 Å². The summed E-state index contributed by atoms with van der Waals surface area (Å²) < 4.78 is 10.3. The number of carbonyl (C=O) groups excluding carboxylic acids is 1. The second-order valence-corrected chi connectivity index (χ2v) is 5.44. The van der Waals surface area contributed by atoms with Crippen molar-refractivity contribution in [2.24, 2.45) is 0 Å². The molecule has 0 bridgehead atoms. The van der Waals surface area contributed by atoms with Crippen molar-refractivity contribution in [3.63, 3.8) is 0 Å². The molecular weight excluding hydrogens is 326 g/mol. The van der Waals surface area contributed by atoms with E-state index in [4.69, 9.17) is 14.4 Å². The molecule has 1 amide bonds. The SMILES string of the molecule is COc1ccc(-c2noc(CCC(=O)NCCCCC(=O)O)n2)cc1. The number of carbonyl (C=O) groups is 2. The molecule has 0 unspecified atom stereocenters. The fraction of sp³-hybridized carbons (Fsp3) is 0.412. The minimum Gasteiger partial charge on any atom is -0.497 e. The van der Waals surface area contributed by atoms with Crippen molar-refractivity contribution in [2.45, 2.75) is 32.1 Å². The van der Waals surface area contributed by atoms with Crippen LogP contribution >= 0.6 is 0 Å². The number of unbranched alkanes of at least 4 members (excludes halogenated alkanes) is 1. The van der Waals surface area contributed by atoms with Crippen LogP contribution in [0.25, 0.3) is 11.4 Å². The summed E-state index contributed by atoms with van der Waals surface area (Å²) in [6.07, 6.45) is 1.89. The average molecular weight is 347 g/mol. The number of benzene rings is 1. The summed E-state index contributed by atoms with van der Waals surface area (Å²) >= 11 is 0. The molecule has 8 nitrogen and oxygen atoms in total. The van der Waals surface area contributed by atoms with Crippen molar-refractivity contribution in [1.29, 1.82) is 0 Å². The molecule has 1 aromatic heterocycles. The zero-order valence-corrected chi connectivity index (χ0v) is 14.0. The fourth-order valence-electron chi connectivity index (χ4n) is 2.15. The smallest absolute Gasteiger partial charge is 0.303 e. The van der Waals surface area contributed by atoms with Crippen LogP contribution in [0.3, 0.4) is 0 Å². The van der Waals surface area contributed by atoms with Crippen LogP contribution in [0, 0.1) is 0 Å². The molecule has 2 rings (SSSR count). The third-order valence-electron chi connectivity index (χ3n) is 3.52. The van der Waals surface area contributed by atoms with Gasteiger partial charge in [0.25, 0.3) is 0 Å². The van der Waals surface area contributed by atoms with Crippen molar-refractivity contribution in [3.8, 4) is 17.1 Å². The minimum absolute atomic E-state index is 0.117. The average Bonchev–Trinajstić information content (AvgIpc) is 3.08. The fourth-order valence-corrected chi connectivity index (χ4v) is 2.15. The zero-order valence-electron chi connectivity index (χ0n) is 14.0. The van der Waals surface area contributed by atoms with Gasteiger partial charge in [0.2, 0.25) is 17.6 Å². The van der Waals surface area contributed by atoms with Gasteiger partial charge in [-0.1, -0.05) is 5.16 Å². The first-order valence-electron chi connectivity index (χ1n) is 8.04. The van der Waals surface area contributed by atoms with E-state index in [1.807, 2.05) is 24.3 Å². The largest absolute Gasteiger partial charge is 0.497 e. The lowest BCUT2D eigenvalue weighted by Crippen LogP contribution is -2.24. The molecule has 2 N–H and O–H groups in total. The van der Waals surface area contributed by atoms with E-state index >= 15 is 0 Å². The van der Waals surface area contributed by atoms with Gasteiger partial charge in [-0.25, -0.2) is 0 Å². The number of carboxylic acids is 1. The van der Waals surface area contributed by atoms with E-state index in [0.717, 1.165) is 11.3 Å². The molecule has 2 aromatic rings. The first-order valence-corrected chi connectivity index (χ1v) is 8.04. The molecule has 25 heavy (non-hydrogen) atoms. The Morgan fingerprint density at radius 3 is 2.64 bits per heavy atom. The Balaban J connectivity index is 1.73. The molecule has 0 saturated heterocycles. The molecule has 0 spiro atoms. The van der Waals surface area contributed by atoms with E-state index in [1.165, 1.54) is 0 Å². The minimum atomic E-state index is -0.824. The first kappa shape index (κ1) is 18.4. The number of ether oxygens (including phenoxy) is 1. The van der Waals surface area contributed by atoms with Gasteiger partial charge in [0.15, 0.2) is 0 Å². The second-order valence-electron chi connectivity index (χ2n) is 5.44. The number of rotatable bonds is 10. The number of aromatic nitrogens is 2. The van der Waals surface area contributed by atoms with Crippen LogP contribution in [-0.4, -0.2) is 40.8 Å². The Kier molecular flexibility index (Phi) is 6.94. The number of methoxy groups -OCH3 is 1. The number of nitrogens with zero attached hydrogens (tertiary/aromatic N) is 2. The maximum absolute atomic E-state index is 11.7. The summed E-state index contributed by atoms with van der Waals surface area (Å²) in [5, 5.41) is 15.2. The molecule has 0 radical (unpaired) electrons.